The molecule has 0 spiro atoms. The highest BCUT2D eigenvalue weighted by Gasteiger charge is 2.25. The number of likely N-dealkylation sites (tertiary alicyclic amines) is 1. The molecular formula is C17H22ClNO3. The molecule has 1 aliphatic rings. The summed E-state index contributed by atoms with van der Waals surface area (Å²) in [5.41, 5.74) is 0.821. The van der Waals surface area contributed by atoms with Gasteiger partial charge in [-0.25, -0.2) is 0 Å². The summed E-state index contributed by atoms with van der Waals surface area (Å²) in [6.07, 6.45) is 1.29. The molecular weight excluding hydrogens is 302 g/mol. The summed E-state index contributed by atoms with van der Waals surface area (Å²) in [5.74, 6) is 0.492. The Hall–Kier alpha value is -1.55. The number of ether oxygens (including phenoxy) is 1. The van der Waals surface area contributed by atoms with Gasteiger partial charge >= 0.3 is 5.97 Å². The fraction of sp³-hybridized carbons (Fsp3) is 0.529. The summed E-state index contributed by atoms with van der Waals surface area (Å²) in [5, 5.41) is 0.626. The second-order valence-electron chi connectivity index (χ2n) is 6.21. The summed E-state index contributed by atoms with van der Waals surface area (Å²) >= 11 is 5.79. The van der Waals surface area contributed by atoms with Gasteiger partial charge < -0.3 is 9.64 Å². The zero-order chi connectivity index (χ0) is 16.1. The normalized spacial score (nSPS) is 21.5. The molecule has 0 unspecified atom stereocenters. The van der Waals surface area contributed by atoms with Crippen LogP contribution in [0.25, 0.3) is 0 Å². The number of benzene rings is 1. The van der Waals surface area contributed by atoms with Crippen molar-refractivity contribution in [3.05, 3.63) is 34.9 Å². The van der Waals surface area contributed by atoms with Gasteiger partial charge in [-0.1, -0.05) is 37.6 Å². The van der Waals surface area contributed by atoms with Crippen molar-refractivity contribution < 1.29 is 14.3 Å². The maximum absolute atomic E-state index is 12.1. The van der Waals surface area contributed by atoms with Gasteiger partial charge in [-0.15, -0.1) is 0 Å². The van der Waals surface area contributed by atoms with Gasteiger partial charge in [0.25, 0.3) is 5.91 Å². The number of amides is 1. The Morgan fingerprint density at radius 2 is 1.77 bits per heavy atom. The van der Waals surface area contributed by atoms with Crippen LogP contribution in [0.3, 0.4) is 0 Å². The Labute approximate surface area is 136 Å². The predicted octanol–water partition coefficient (Wildman–Crippen LogP) is 2.93. The summed E-state index contributed by atoms with van der Waals surface area (Å²) in [7, 11) is 0. The minimum absolute atomic E-state index is 0.108. The van der Waals surface area contributed by atoms with Crippen LogP contribution in [0.1, 0.15) is 25.8 Å². The van der Waals surface area contributed by atoms with Crippen molar-refractivity contribution in [2.75, 3.05) is 19.7 Å². The SMILES string of the molecule is C[C@@H]1C[C@@H](C)CN(C(=O)COC(=O)Cc2ccc(Cl)cc2)C1. The molecule has 5 heteroatoms. The molecule has 1 aromatic rings. The van der Waals surface area contributed by atoms with Crippen LogP contribution in [-0.4, -0.2) is 36.5 Å². The molecule has 22 heavy (non-hydrogen) atoms. The minimum atomic E-state index is -0.395. The summed E-state index contributed by atoms with van der Waals surface area (Å²) in [6, 6.07) is 7.01. The molecule has 2 rings (SSSR count). The highest BCUT2D eigenvalue weighted by molar-refractivity contribution is 6.30. The first kappa shape index (κ1) is 16.8. The molecule has 0 saturated carbocycles. The van der Waals surface area contributed by atoms with E-state index in [1.807, 2.05) is 0 Å². The fourth-order valence-corrected chi connectivity index (χ4v) is 3.05. The molecule has 0 aromatic heterocycles. The molecule has 1 aromatic carbocycles. The van der Waals surface area contributed by atoms with Gasteiger partial charge in [-0.3, -0.25) is 9.59 Å². The topological polar surface area (TPSA) is 46.6 Å². The van der Waals surface area contributed by atoms with Crippen molar-refractivity contribution in [1.82, 2.24) is 4.90 Å². The van der Waals surface area contributed by atoms with Crippen molar-refractivity contribution in [1.29, 1.82) is 0 Å². The van der Waals surface area contributed by atoms with Gasteiger partial charge in [0, 0.05) is 18.1 Å². The summed E-state index contributed by atoms with van der Waals surface area (Å²) in [4.78, 5) is 25.7. The number of halogens is 1. The van der Waals surface area contributed by atoms with Gasteiger partial charge in [0.15, 0.2) is 6.61 Å². The lowest BCUT2D eigenvalue weighted by atomic mass is 9.92. The zero-order valence-electron chi connectivity index (χ0n) is 13.0. The molecule has 1 fully saturated rings. The third-order valence-electron chi connectivity index (χ3n) is 3.84. The number of nitrogens with zero attached hydrogens (tertiary/aromatic N) is 1. The lowest BCUT2D eigenvalue weighted by Crippen LogP contribution is -2.44. The van der Waals surface area contributed by atoms with Crippen LogP contribution in [0.15, 0.2) is 24.3 Å². The lowest BCUT2D eigenvalue weighted by Gasteiger charge is -2.34. The van der Waals surface area contributed by atoms with Crippen molar-refractivity contribution in [2.24, 2.45) is 11.8 Å². The molecule has 1 amide bonds. The van der Waals surface area contributed by atoms with Crippen LogP contribution in [-0.2, 0) is 20.7 Å². The number of esters is 1. The van der Waals surface area contributed by atoms with E-state index in [9.17, 15) is 9.59 Å². The third kappa shape index (κ3) is 5.02. The van der Waals surface area contributed by atoms with Gasteiger partial charge in [0.05, 0.1) is 6.42 Å². The zero-order valence-corrected chi connectivity index (χ0v) is 13.8. The monoisotopic (exact) mass is 323 g/mol. The Balaban J connectivity index is 1.78. The minimum Gasteiger partial charge on any atom is -0.455 e. The summed E-state index contributed by atoms with van der Waals surface area (Å²) in [6.45, 7) is 5.60. The van der Waals surface area contributed by atoms with E-state index in [1.54, 1.807) is 29.2 Å². The Kier molecular flexibility index (Phi) is 5.83. The molecule has 4 nitrogen and oxygen atoms in total. The molecule has 0 aliphatic carbocycles. The van der Waals surface area contributed by atoms with Gasteiger partial charge in [0.2, 0.25) is 0 Å². The van der Waals surface area contributed by atoms with E-state index in [2.05, 4.69) is 13.8 Å². The highest BCUT2D eigenvalue weighted by atomic mass is 35.5. The number of rotatable bonds is 4. The second-order valence-corrected chi connectivity index (χ2v) is 6.65. The standard InChI is InChI=1S/C17H22ClNO3/c1-12-7-13(2)10-19(9-12)16(20)11-22-17(21)8-14-3-5-15(18)6-4-14/h3-6,12-13H,7-11H2,1-2H3/t12-,13-/m1/s1. The number of hydrogen-bond donors (Lipinski definition) is 0. The van der Waals surface area contributed by atoms with Gasteiger partial charge in [-0.2, -0.15) is 0 Å². The highest BCUT2D eigenvalue weighted by Crippen LogP contribution is 2.20. The van der Waals surface area contributed by atoms with E-state index in [0.29, 0.717) is 16.9 Å². The van der Waals surface area contributed by atoms with E-state index >= 15 is 0 Å². The van der Waals surface area contributed by atoms with E-state index in [4.69, 9.17) is 16.3 Å². The van der Waals surface area contributed by atoms with Crippen molar-refractivity contribution >= 4 is 23.5 Å². The Morgan fingerprint density at radius 3 is 2.36 bits per heavy atom. The van der Waals surface area contributed by atoms with E-state index in [1.165, 1.54) is 0 Å². The van der Waals surface area contributed by atoms with Gasteiger partial charge in [-0.05, 0) is 36.0 Å². The van der Waals surface area contributed by atoms with Crippen LogP contribution >= 0.6 is 11.6 Å². The number of carbonyl (C=O) groups is 2. The lowest BCUT2D eigenvalue weighted by molar-refractivity contribution is -0.152. The predicted molar refractivity (Wildman–Crippen MR) is 85.6 cm³/mol. The quantitative estimate of drug-likeness (QED) is 0.800. The van der Waals surface area contributed by atoms with Crippen LogP contribution in [0, 0.1) is 11.8 Å². The van der Waals surface area contributed by atoms with Gasteiger partial charge in [0.1, 0.15) is 0 Å². The fourth-order valence-electron chi connectivity index (χ4n) is 2.92. The van der Waals surface area contributed by atoms with Crippen molar-refractivity contribution in [3.63, 3.8) is 0 Å². The number of piperidine rings is 1. The van der Waals surface area contributed by atoms with Crippen molar-refractivity contribution in [2.45, 2.75) is 26.7 Å². The molecule has 0 N–H and O–H groups in total. The largest absolute Gasteiger partial charge is 0.455 e. The first-order chi connectivity index (χ1) is 10.4. The van der Waals surface area contributed by atoms with E-state index in [-0.39, 0.29) is 18.9 Å². The molecule has 120 valence electrons. The Morgan fingerprint density at radius 1 is 1.18 bits per heavy atom. The van der Waals surface area contributed by atoms with Crippen molar-refractivity contribution in [3.8, 4) is 0 Å². The van der Waals surface area contributed by atoms with Crippen LogP contribution in [0.2, 0.25) is 5.02 Å². The molecule has 1 aliphatic heterocycles. The van der Waals surface area contributed by atoms with Crippen LogP contribution < -0.4 is 0 Å². The average molecular weight is 324 g/mol. The molecule has 0 radical (unpaired) electrons. The third-order valence-corrected chi connectivity index (χ3v) is 4.09. The van der Waals surface area contributed by atoms with E-state index in [0.717, 1.165) is 25.1 Å². The number of carbonyl (C=O) groups excluding carboxylic acids is 2. The molecule has 0 bridgehead atoms. The molecule has 1 heterocycles. The van der Waals surface area contributed by atoms with E-state index < -0.39 is 5.97 Å². The molecule has 1 saturated heterocycles. The van der Waals surface area contributed by atoms with Crippen LogP contribution in [0.5, 0.6) is 0 Å². The Bertz CT molecular complexity index is 519. The smallest absolute Gasteiger partial charge is 0.310 e. The first-order valence-electron chi connectivity index (χ1n) is 7.62. The number of hydrogen-bond acceptors (Lipinski definition) is 3. The second kappa shape index (κ2) is 7.63. The average Bonchev–Trinajstić information content (AvgIpc) is 2.46. The van der Waals surface area contributed by atoms with Crippen LogP contribution in [0.4, 0.5) is 0 Å². The summed E-state index contributed by atoms with van der Waals surface area (Å²) < 4.78 is 5.10. The maximum Gasteiger partial charge on any atom is 0.310 e. The molecule has 2 atom stereocenters. The first-order valence-corrected chi connectivity index (χ1v) is 7.99. The maximum atomic E-state index is 12.1.